The van der Waals surface area contributed by atoms with E-state index < -0.39 is 26.0 Å². The van der Waals surface area contributed by atoms with Crippen molar-refractivity contribution in [1.29, 1.82) is 0 Å². The Morgan fingerprint density at radius 2 is 1.55 bits per heavy atom. The largest absolute Gasteiger partial charge is 0.507 e. The molecule has 0 spiro atoms. The molecule has 0 aromatic heterocycles. The summed E-state index contributed by atoms with van der Waals surface area (Å²) in [6.45, 7) is 20.9. The molecule has 2 aliphatic heterocycles. The van der Waals surface area contributed by atoms with Gasteiger partial charge in [-0.15, -0.1) is 0 Å². The Balaban J connectivity index is 2.20. The zero-order valence-corrected chi connectivity index (χ0v) is 28.8. The van der Waals surface area contributed by atoms with Crippen molar-refractivity contribution in [3.05, 3.63) is 34.1 Å². The van der Waals surface area contributed by atoms with Crippen molar-refractivity contribution in [2.45, 2.75) is 138 Å². The topological polar surface area (TPSA) is 89.9 Å². The third kappa shape index (κ3) is 7.27. The minimum Gasteiger partial charge on any atom is -0.507 e. The summed E-state index contributed by atoms with van der Waals surface area (Å²) in [6.07, 6.45) is 4.57. The molecule has 1 fully saturated rings. The lowest BCUT2D eigenvalue weighted by molar-refractivity contribution is -0.154. The number of carbonyl (C=O) groups is 3. The van der Waals surface area contributed by atoms with Crippen LogP contribution in [0.4, 0.5) is 0 Å². The monoisotopic (exact) mass is 600 g/mol. The van der Waals surface area contributed by atoms with E-state index in [0.29, 0.717) is 11.8 Å². The van der Waals surface area contributed by atoms with E-state index in [1.165, 1.54) is 12.5 Å². The second-order valence-electron chi connectivity index (χ2n) is 13.8. The first-order chi connectivity index (χ1) is 19.7. The molecule has 3 aliphatic rings. The first-order valence-corrected chi connectivity index (χ1v) is 19.0. The van der Waals surface area contributed by atoms with Crippen molar-refractivity contribution in [3.63, 3.8) is 0 Å². The Bertz CT molecular complexity index is 1120. The second kappa shape index (κ2) is 14.3. The summed E-state index contributed by atoms with van der Waals surface area (Å²) in [5.74, 6) is -1.34. The Morgan fingerprint density at radius 3 is 2.14 bits per heavy atom. The maximum atomic E-state index is 13.8. The number of rotatable bonds is 5. The number of allylic oxidation sites excluding steroid dienone is 4. The first kappa shape index (κ1) is 34.7. The summed E-state index contributed by atoms with van der Waals surface area (Å²) in [4.78, 5) is 40.5. The summed E-state index contributed by atoms with van der Waals surface area (Å²) in [5.41, 5.74) is 1.79. The van der Waals surface area contributed by atoms with Gasteiger partial charge < -0.3 is 14.3 Å². The van der Waals surface area contributed by atoms with Gasteiger partial charge in [0.1, 0.15) is 11.5 Å². The van der Waals surface area contributed by atoms with Crippen LogP contribution in [0.15, 0.2) is 34.1 Å². The molecule has 6 nitrogen and oxygen atoms in total. The number of aliphatic hydroxyl groups is 1. The molecular weight excluding hydrogens is 544 g/mol. The van der Waals surface area contributed by atoms with Gasteiger partial charge in [-0.05, 0) is 69.5 Å². The number of ketones is 3. The lowest BCUT2D eigenvalue weighted by Gasteiger charge is -2.49. The summed E-state index contributed by atoms with van der Waals surface area (Å²) < 4.78 is 14.0. The van der Waals surface area contributed by atoms with Gasteiger partial charge in [-0.1, -0.05) is 67.0 Å². The van der Waals surface area contributed by atoms with E-state index in [1.807, 2.05) is 13.8 Å². The smallest absolute Gasteiger partial charge is 0.232 e. The van der Waals surface area contributed by atoms with Gasteiger partial charge in [-0.2, -0.15) is 0 Å². The number of aliphatic hydroxyl groups excluding tert-OH is 1. The summed E-state index contributed by atoms with van der Waals surface area (Å²) in [6, 6.07) is 3.02. The Labute approximate surface area is 255 Å². The van der Waals surface area contributed by atoms with Crippen molar-refractivity contribution < 1.29 is 28.7 Å². The van der Waals surface area contributed by atoms with E-state index in [-0.39, 0.29) is 64.6 Å². The standard InChI is InChI=1S/C35H56O6Si/c1-11-42(12-2,13-3)41-34-24(8)29-15-14-20(4)16-21(5)17-22(6)18-23(7)28(36)19-27-30(35(40-29)26(34)10)33(39)32(38)25(9)31(27)37/h16,20,22-24,26,29,34-35,37H,11-15,17-19H2,1-10H3/b21-16+/t20-,22+,23-,24-,26+,29+,34-,35+/m0/s1. The van der Waals surface area contributed by atoms with E-state index >= 15 is 0 Å². The number of fused-ring (bicyclic) bond motifs is 3. The molecule has 0 amide bonds. The average Bonchev–Trinajstić information content (AvgIpc) is 2.94. The molecule has 7 heteroatoms. The minimum absolute atomic E-state index is 0.00659. The quantitative estimate of drug-likeness (QED) is 0.148. The molecule has 0 aromatic carbocycles. The molecule has 236 valence electrons. The van der Waals surface area contributed by atoms with Gasteiger partial charge in [0.2, 0.25) is 11.6 Å². The van der Waals surface area contributed by atoms with Crippen molar-refractivity contribution in [2.24, 2.45) is 29.6 Å². The van der Waals surface area contributed by atoms with Crippen molar-refractivity contribution in [1.82, 2.24) is 0 Å². The van der Waals surface area contributed by atoms with Gasteiger partial charge in [0.05, 0.1) is 18.3 Å². The third-order valence-electron chi connectivity index (χ3n) is 10.6. The molecule has 1 saturated heterocycles. The van der Waals surface area contributed by atoms with E-state index in [1.54, 1.807) is 0 Å². The molecule has 0 unspecified atom stereocenters. The number of Topliss-reactive ketones (excluding diaryl/α,β-unsaturated/α-hetero) is 3. The van der Waals surface area contributed by atoms with Crippen molar-refractivity contribution >= 4 is 25.7 Å². The second-order valence-corrected chi connectivity index (χ2v) is 18.5. The molecule has 2 bridgehead atoms. The highest BCUT2D eigenvalue weighted by Crippen LogP contribution is 2.43. The van der Waals surface area contributed by atoms with Gasteiger partial charge in [0.25, 0.3) is 0 Å². The molecule has 0 aromatic rings. The fraction of sp³-hybridized carbons (Fsp3) is 0.743. The zero-order valence-electron chi connectivity index (χ0n) is 27.8. The number of carbonyl (C=O) groups excluding carboxylic acids is 3. The summed E-state index contributed by atoms with van der Waals surface area (Å²) in [5, 5.41) is 11.3. The van der Waals surface area contributed by atoms with Crippen LogP contribution in [-0.4, -0.2) is 49.1 Å². The summed E-state index contributed by atoms with van der Waals surface area (Å²) >= 11 is 0. The van der Waals surface area contributed by atoms with Gasteiger partial charge in [0, 0.05) is 40.9 Å². The van der Waals surface area contributed by atoms with Crippen molar-refractivity contribution in [3.8, 4) is 0 Å². The van der Waals surface area contributed by atoms with Crippen LogP contribution in [-0.2, 0) is 23.5 Å². The van der Waals surface area contributed by atoms with Crippen LogP contribution in [0.3, 0.4) is 0 Å². The van der Waals surface area contributed by atoms with Crippen LogP contribution >= 0.6 is 0 Å². The highest BCUT2D eigenvalue weighted by atomic mass is 28.4. The van der Waals surface area contributed by atoms with Crippen LogP contribution < -0.4 is 0 Å². The Hall–Kier alpha value is -1.83. The maximum Gasteiger partial charge on any atom is 0.232 e. The van der Waals surface area contributed by atoms with Crippen LogP contribution in [0, 0.1) is 29.6 Å². The maximum absolute atomic E-state index is 13.8. The van der Waals surface area contributed by atoms with Crippen LogP contribution in [0.25, 0.3) is 0 Å². The van der Waals surface area contributed by atoms with E-state index in [2.05, 4.69) is 54.5 Å². The molecule has 3 rings (SSSR count). The molecule has 8 atom stereocenters. The highest BCUT2D eigenvalue weighted by Gasteiger charge is 2.50. The minimum atomic E-state index is -2.03. The Morgan fingerprint density at radius 1 is 0.929 bits per heavy atom. The zero-order chi connectivity index (χ0) is 31.5. The molecule has 2 heterocycles. The van der Waals surface area contributed by atoms with Crippen LogP contribution in [0.5, 0.6) is 0 Å². The van der Waals surface area contributed by atoms with E-state index in [9.17, 15) is 19.5 Å². The van der Waals surface area contributed by atoms with Gasteiger partial charge in [-0.25, -0.2) is 0 Å². The number of hydrogen-bond donors (Lipinski definition) is 1. The van der Waals surface area contributed by atoms with Gasteiger partial charge >= 0.3 is 0 Å². The van der Waals surface area contributed by atoms with Gasteiger partial charge in [-0.3, -0.25) is 14.4 Å². The predicted octanol–water partition coefficient (Wildman–Crippen LogP) is 8.08. The number of hydrogen-bond acceptors (Lipinski definition) is 6. The van der Waals surface area contributed by atoms with E-state index in [4.69, 9.17) is 9.16 Å². The molecule has 1 N–H and O–H groups in total. The summed E-state index contributed by atoms with van der Waals surface area (Å²) in [7, 11) is -2.03. The lowest BCUT2D eigenvalue weighted by atomic mass is 9.74. The first-order valence-electron chi connectivity index (χ1n) is 16.5. The highest BCUT2D eigenvalue weighted by molar-refractivity contribution is 6.73. The van der Waals surface area contributed by atoms with Crippen LogP contribution in [0.2, 0.25) is 18.1 Å². The molecule has 0 radical (unpaired) electrons. The fourth-order valence-corrected chi connectivity index (χ4v) is 10.6. The number of ether oxygens (including phenoxy) is 1. The molecular formula is C35H56O6Si. The normalized spacial score (nSPS) is 35.7. The SMILES string of the molecule is CC[Si](CC)(CC)O[C@H]1[C@@H](C)[C@H]2CC[C@H](C)/C=C(\C)C[C@@H](C)C[C@H](C)C(=O)CC3=C(C(=O)C(=O)C(C)=C3O)[C@H](O2)[C@@H]1C. The third-order valence-corrected chi connectivity index (χ3v) is 15.2. The fourth-order valence-electron chi connectivity index (χ4n) is 7.62. The molecule has 0 saturated carbocycles. The average molecular weight is 601 g/mol. The van der Waals surface area contributed by atoms with Crippen LogP contribution in [0.1, 0.15) is 101 Å². The van der Waals surface area contributed by atoms with Crippen molar-refractivity contribution in [2.75, 3.05) is 0 Å². The van der Waals surface area contributed by atoms with Gasteiger partial charge in [0.15, 0.2) is 8.32 Å². The lowest BCUT2D eigenvalue weighted by Crippen LogP contribution is -2.56. The molecule has 42 heavy (non-hydrogen) atoms. The van der Waals surface area contributed by atoms with E-state index in [0.717, 1.165) is 43.8 Å². The predicted molar refractivity (Wildman–Crippen MR) is 171 cm³/mol. The Kier molecular flexibility index (Phi) is 11.8. The molecule has 1 aliphatic carbocycles.